The molecule has 3 aliphatic heterocycles. The zero-order valence-electron chi connectivity index (χ0n) is 24.0. The van der Waals surface area contributed by atoms with Crippen molar-refractivity contribution in [2.24, 2.45) is 5.92 Å². The molecule has 2 saturated heterocycles. The molecule has 3 fully saturated rings. The Morgan fingerprint density at radius 1 is 1.15 bits per heavy atom. The van der Waals surface area contributed by atoms with Crippen molar-refractivity contribution >= 4 is 24.0 Å². The lowest BCUT2D eigenvalue weighted by atomic mass is 10.1. The molecular formula is C31H42N2O8. The number of benzene rings is 1. The minimum absolute atomic E-state index is 0.0195. The number of amides is 2. The van der Waals surface area contributed by atoms with Crippen LogP contribution in [0.4, 0.5) is 10.5 Å². The minimum atomic E-state index is -0.791. The number of unbranched alkanes of at least 4 members (excludes halogenated alkanes) is 3. The summed E-state index contributed by atoms with van der Waals surface area (Å²) in [5.74, 6) is 0.886. The number of nitrogens with zero attached hydrogens (tertiary/aromatic N) is 2. The lowest BCUT2D eigenvalue weighted by molar-refractivity contribution is -0.201. The molecule has 224 valence electrons. The zero-order valence-corrected chi connectivity index (χ0v) is 24.0. The molecule has 10 nitrogen and oxygen atoms in total. The van der Waals surface area contributed by atoms with Gasteiger partial charge in [-0.3, -0.25) is 4.79 Å². The fourth-order valence-corrected chi connectivity index (χ4v) is 6.52. The lowest BCUT2D eigenvalue weighted by Gasteiger charge is -2.41. The highest BCUT2D eigenvalue weighted by molar-refractivity contribution is 6.06. The SMILES string of the molecule is C=CCOC(=O)N1c2cc(OCCCCCC=O)c(OC)cc2C(=O)N2CCCCC3CC32C1OC1CCCCO1. The fourth-order valence-electron chi connectivity index (χ4n) is 6.52. The summed E-state index contributed by atoms with van der Waals surface area (Å²) in [6, 6.07) is 3.37. The maximum atomic E-state index is 14.3. The van der Waals surface area contributed by atoms with E-state index >= 15 is 0 Å². The summed E-state index contributed by atoms with van der Waals surface area (Å²) >= 11 is 0. The molecule has 4 aliphatic rings. The van der Waals surface area contributed by atoms with Gasteiger partial charge in [0.25, 0.3) is 5.91 Å². The van der Waals surface area contributed by atoms with Crippen LogP contribution in [-0.4, -0.2) is 74.7 Å². The monoisotopic (exact) mass is 570 g/mol. The van der Waals surface area contributed by atoms with Gasteiger partial charge in [-0.1, -0.05) is 19.1 Å². The standard InChI is InChI=1S/C31H42N2O8/c1-3-16-40-30(36)33-24-20-26(38-17-10-5-4-9-15-34)25(37-2)19-23(24)28(35)32-14-8-6-12-22-21-31(22,32)29(33)41-27-13-7-11-18-39-27/h3,15,19-20,22,27,29H,1,4-14,16-18,21H2,2H3. The lowest BCUT2D eigenvalue weighted by Crippen LogP contribution is -2.59. The molecular weight excluding hydrogens is 528 g/mol. The van der Waals surface area contributed by atoms with E-state index in [4.69, 9.17) is 23.7 Å². The van der Waals surface area contributed by atoms with Crippen LogP contribution in [0.15, 0.2) is 24.8 Å². The Labute approximate surface area is 241 Å². The molecule has 0 bridgehead atoms. The van der Waals surface area contributed by atoms with E-state index in [1.807, 2.05) is 4.90 Å². The van der Waals surface area contributed by atoms with Crippen LogP contribution < -0.4 is 14.4 Å². The largest absolute Gasteiger partial charge is 0.493 e. The first-order valence-corrected chi connectivity index (χ1v) is 15.0. The second kappa shape index (κ2) is 13.2. The summed E-state index contributed by atoms with van der Waals surface area (Å²) in [6.07, 6.45) is 9.73. The Morgan fingerprint density at radius 3 is 2.76 bits per heavy atom. The van der Waals surface area contributed by atoms with E-state index < -0.39 is 24.2 Å². The average molecular weight is 571 g/mol. The summed E-state index contributed by atoms with van der Waals surface area (Å²) in [5, 5.41) is 0. The van der Waals surface area contributed by atoms with Gasteiger partial charge in [0, 0.05) is 25.6 Å². The average Bonchev–Trinajstić information content (AvgIpc) is 3.74. The van der Waals surface area contributed by atoms with Gasteiger partial charge in [0.05, 0.1) is 30.5 Å². The number of carbonyl (C=O) groups excluding carboxylic acids is 3. The molecule has 3 heterocycles. The van der Waals surface area contributed by atoms with E-state index in [9.17, 15) is 14.4 Å². The second-order valence-electron chi connectivity index (χ2n) is 11.2. The number of fused-ring (bicyclic) bond motifs is 1. The summed E-state index contributed by atoms with van der Waals surface area (Å²) in [5.41, 5.74) is 0.0426. The minimum Gasteiger partial charge on any atom is -0.493 e. The number of anilines is 1. The van der Waals surface area contributed by atoms with Crippen molar-refractivity contribution < 1.29 is 38.1 Å². The first kappa shape index (κ1) is 29.4. The third-order valence-electron chi connectivity index (χ3n) is 8.65. The topological polar surface area (TPSA) is 104 Å². The third-order valence-corrected chi connectivity index (χ3v) is 8.65. The van der Waals surface area contributed by atoms with Gasteiger partial charge < -0.3 is 33.4 Å². The maximum Gasteiger partial charge on any atom is 0.416 e. The highest BCUT2D eigenvalue weighted by atomic mass is 16.7. The summed E-state index contributed by atoms with van der Waals surface area (Å²) in [6.45, 7) is 5.29. The van der Waals surface area contributed by atoms with E-state index in [0.29, 0.717) is 55.4 Å². The van der Waals surface area contributed by atoms with Crippen molar-refractivity contribution in [2.45, 2.75) is 88.7 Å². The summed E-state index contributed by atoms with van der Waals surface area (Å²) < 4.78 is 30.1. The Bertz CT molecular complexity index is 1120. The number of carbonyl (C=O) groups is 3. The zero-order chi connectivity index (χ0) is 28.8. The molecule has 5 rings (SSSR count). The maximum absolute atomic E-state index is 14.3. The van der Waals surface area contributed by atoms with E-state index in [1.165, 1.54) is 18.1 Å². The van der Waals surface area contributed by atoms with Crippen molar-refractivity contribution in [2.75, 3.05) is 38.4 Å². The second-order valence-corrected chi connectivity index (χ2v) is 11.2. The summed E-state index contributed by atoms with van der Waals surface area (Å²) in [7, 11) is 1.53. The Balaban J connectivity index is 1.57. The van der Waals surface area contributed by atoms with Gasteiger partial charge in [-0.2, -0.15) is 0 Å². The first-order valence-electron chi connectivity index (χ1n) is 15.0. The third kappa shape index (κ3) is 5.95. The molecule has 0 radical (unpaired) electrons. The van der Waals surface area contributed by atoms with Gasteiger partial charge in [0.15, 0.2) is 24.0 Å². The molecule has 1 aromatic rings. The van der Waals surface area contributed by atoms with Crippen LogP contribution >= 0.6 is 0 Å². The van der Waals surface area contributed by atoms with Crippen LogP contribution in [0.5, 0.6) is 11.5 Å². The number of hydrogen-bond donors (Lipinski definition) is 0. The predicted molar refractivity (Wildman–Crippen MR) is 151 cm³/mol. The fraction of sp³-hybridized carbons (Fsp3) is 0.645. The number of hydrogen-bond acceptors (Lipinski definition) is 8. The van der Waals surface area contributed by atoms with Crippen molar-refractivity contribution in [1.82, 2.24) is 4.90 Å². The van der Waals surface area contributed by atoms with E-state index in [-0.39, 0.29) is 18.4 Å². The Kier molecular flexibility index (Phi) is 9.49. The molecule has 1 aromatic carbocycles. The van der Waals surface area contributed by atoms with Crippen LogP contribution in [0, 0.1) is 5.92 Å². The molecule has 41 heavy (non-hydrogen) atoms. The van der Waals surface area contributed by atoms with Crippen LogP contribution in [0.25, 0.3) is 0 Å². The Morgan fingerprint density at radius 2 is 2.00 bits per heavy atom. The molecule has 10 heteroatoms. The molecule has 1 saturated carbocycles. The van der Waals surface area contributed by atoms with Gasteiger partial charge in [0.1, 0.15) is 12.9 Å². The van der Waals surface area contributed by atoms with Crippen LogP contribution in [0.3, 0.4) is 0 Å². The van der Waals surface area contributed by atoms with Crippen LogP contribution in [-0.2, 0) is 19.0 Å². The quantitative estimate of drug-likeness (QED) is 0.191. The van der Waals surface area contributed by atoms with Crippen molar-refractivity contribution in [3.05, 3.63) is 30.4 Å². The molecule has 0 aromatic heterocycles. The van der Waals surface area contributed by atoms with Crippen molar-refractivity contribution in [1.29, 1.82) is 0 Å². The number of aldehydes is 1. The van der Waals surface area contributed by atoms with Gasteiger partial charge >= 0.3 is 6.09 Å². The molecule has 4 unspecified atom stereocenters. The predicted octanol–water partition coefficient (Wildman–Crippen LogP) is 5.23. The van der Waals surface area contributed by atoms with Gasteiger partial charge in [-0.05, 0) is 69.8 Å². The van der Waals surface area contributed by atoms with Crippen molar-refractivity contribution in [3.63, 3.8) is 0 Å². The summed E-state index contributed by atoms with van der Waals surface area (Å²) in [4.78, 5) is 42.3. The molecule has 1 aliphatic carbocycles. The molecule has 1 spiro atoms. The van der Waals surface area contributed by atoms with Crippen LogP contribution in [0.2, 0.25) is 0 Å². The van der Waals surface area contributed by atoms with Gasteiger partial charge in [-0.25, -0.2) is 9.69 Å². The molecule has 2 amide bonds. The van der Waals surface area contributed by atoms with Gasteiger partial charge in [-0.15, -0.1) is 0 Å². The van der Waals surface area contributed by atoms with Crippen molar-refractivity contribution in [3.8, 4) is 11.5 Å². The smallest absolute Gasteiger partial charge is 0.416 e. The highest BCUT2D eigenvalue weighted by Crippen LogP contribution is 2.60. The Hall–Kier alpha value is -3.11. The normalized spacial score (nSPS) is 27.0. The molecule has 0 N–H and O–H groups in total. The number of rotatable bonds is 12. The van der Waals surface area contributed by atoms with E-state index in [1.54, 1.807) is 12.1 Å². The molecule has 4 atom stereocenters. The van der Waals surface area contributed by atoms with E-state index in [2.05, 4.69) is 6.58 Å². The number of methoxy groups -OCH3 is 1. The number of ether oxygens (including phenoxy) is 5. The van der Waals surface area contributed by atoms with E-state index in [0.717, 1.165) is 64.1 Å². The van der Waals surface area contributed by atoms with Gasteiger partial charge in [0.2, 0.25) is 0 Å². The first-order chi connectivity index (χ1) is 20.0. The van der Waals surface area contributed by atoms with Crippen LogP contribution in [0.1, 0.15) is 81.0 Å². The highest BCUT2D eigenvalue weighted by Gasteiger charge is 2.69.